The molecule has 7 nitrogen and oxygen atoms in total. The van der Waals surface area contributed by atoms with Crippen molar-refractivity contribution in [1.29, 1.82) is 0 Å². The summed E-state index contributed by atoms with van der Waals surface area (Å²) < 4.78 is 5.86. The lowest BCUT2D eigenvalue weighted by Gasteiger charge is -2.29. The largest absolute Gasteiger partial charge is 0.489 e. The minimum absolute atomic E-state index is 0.00986. The van der Waals surface area contributed by atoms with Gasteiger partial charge in [0.15, 0.2) is 0 Å². The fourth-order valence-corrected chi connectivity index (χ4v) is 5.13. The highest BCUT2D eigenvalue weighted by Crippen LogP contribution is 2.28. The van der Waals surface area contributed by atoms with Crippen LogP contribution in [0.3, 0.4) is 0 Å². The van der Waals surface area contributed by atoms with Crippen molar-refractivity contribution in [3.05, 3.63) is 59.9 Å². The van der Waals surface area contributed by atoms with Gasteiger partial charge in [-0.25, -0.2) is 0 Å². The number of amides is 2. The van der Waals surface area contributed by atoms with E-state index in [0.29, 0.717) is 25.5 Å². The number of nitrogens with two attached hydrogens (primary N) is 1. The molecule has 1 aromatic carbocycles. The third kappa shape index (κ3) is 7.52. The maximum atomic E-state index is 13.2. The van der Waals surface area contributed by atoms with Gasteiger partial charge in [0.1, 0.15) is 18.4 Å². The van der Waals surface area contributed by atoms with Crippen LogP contribution in [0.5, 0.6) is 5.75 Å². The Hall–Kier alpha value is -2.93. The molecule has 2 fully saturated rings. The standard InChI is InChI=1S/C28H38N4O3/c29-18-21-5-9-23(10-6-21)27(33)32-26(28(34)31-24-3-1-2-4-24)17-20-7-11-25(12-8-20)35-19-22-13-15-30-16-14-22/h7-8,11-16,21,23-24,26H,1-6,9-10,17-19,29H2,(H,31,34)(H,32,33)/t21?,23?,26-/m0/s1. The fourth-order valence-electron chi connectivity index (χ4n) is 5.13. The van der Waals surface area contributed by atoms with Crippen LogP contribution in [0.1, 0.15) is 62.5 Å². The lowest BCUT2D eigenvalue weighted by atomic mass is 9.81. The zero-order valence-corrected chi connectivity index (χ0v) is 20.5. The molecular weight excluding hydrogens is 440 g/mol. The Labute approximate surface area is 208 Å². The van der Waals surface area contributed by atoms with Crippen molar-refractivity contribution in [2.75, 3.05) is 6.54 Å². The molecule has 7 heteroatoms. The van der Waals surface area contributed by atoms with Crippen LogP contribution < -0.4 is 21.1 Å². The third-order valence-corrected chi connectivity index (χ3v) is 7.40. The van der Waals surface area contributed by atoms with Crippen LogP contribution >= 0.6 is 0 Å². The molecule has 0 bridgehead atoms. The molecule has 188 valence electrons. The Morgan fingerprint density at radius 1 is 0.943 bits per heavy atom. The first-order valence-electron chi connectivity index (χ1n) is 13.0. The highest BCUT2D eigenvalue weighted by molar-refractivity contribution is 5.89. The summed E-state index contributed by atoms with van der Waals surface area (Å²) in [5, 5.41) is 6.26. The average Bonchev–Trinajstić information content (AvgIpc) is 3.41. The zero-order valence-electron chi connectivity index (χ0n) is 20.5. The number of pyridine rings is 1. The maximum absolute atomic E-state index is 13.2. The molecule has 0 radical (unpaired) electrons. The lowest BCUT2D eigenvalue weighted by molar-refractivity contribution is -0.132. The van der Waals surface area contributed by atoms with Gasteiger partial charge in [-0.05, 0) is 86.4 Å². The van der Waals surface area contributed by atoms with E-state index in [2.05, 4.69) is 15.6 Å². The van der Waals surface area contributed by atoms with Crippen molar-refractivity contribution < 1.29 is 14.3 Å². The molecule has 1 atom stereocenters. The van der Waals surface area contributed by atoms with E-state index in [0.717, 1.165) is 68.2 Å². The fraction of sp³-hybridized carbons (Fsp3) is 0.536. The number of rotatable bonds is 10. The van der Waals surface area contributed by atoms with Gasteiger partial charge in [-0.15, -0.1) is 0 Å². The van der Waals surface area contributed by atoms with Crippen LogP contribution in [0.15, 0.2) is 48.8 Å². The van der Waals surface area contributed by atoms with Gasteiger partial charge in [-0.2, -0.15) is 0 Å². The summed E-state index contributed by atoms with van der Waals surface area (Å²) in [6, 6.07) is 11.2. The number of benzene rings is 1. The summed E-state index contributed by atoms with van der Waals surface area (Å²) in [7, 11) is 0. The normalized spacial score (nSPS) is 21.3. The minimum atomic E-state index is -0.584. The maximum Gasteiger partial charge on any atom is 0.243 e. The molecule has 0 spiro atoms. The molecule has 0 aliphatic heterocycles. The zero-order chi connectivity index (χ0) is 24.5. The second kappa shape index (κ2) is 12.7. The van der Waals surface area contributed by atoms with E-state index >= 15 is 0 Å². The molecule has 2 amide bonds. The summed E-state index contributed by atoms with van der Waals surface area (Å²) in [6.07, 6.45) is 11.9. The molecule has 35 heavy (non-hydrogen) atoms. The predicted molar refractivity (Wildman–Crippen MR) is 136 cm³/mol. The molecule has 4 rings (SSSR count). The molecule has 1 aromatic heterocycles. The van der Waals surface area contributed by atoms with Gasteiger partial charge >= 0.3 is 0 Å². The van der Waals surface area contributed by atoms with E-state index in [1.54, 1.807) is 12.4 Å². The smallest absolute Gasteiger partial charge is 0.243 e. The minimum Gasteiger partial charge on any atom is -0.489 e. The Kier molecular flexibility index (Phi) is 9.12. The van der Waals surface area contributed by atoms with Gasteiger partial charge < -0.3 is 21.1 Å². The Morgan fingerprint density at radius 2 is 1.63 bits per heavy atom. The average molecular weight is 479 g/mol. The van der Waals surface area contributed by atoms with E-state index in [4.69, 9.17) is 10.5 Å². The number of hydrogen-bond donors (Lipinski definition) is 3. The van der Waals surface area contributed by atoms with E-state index in [-0.39, 0.29) is 23.8 Å². The SMILES string of the molecule is NCC1CCC(C(=O)N[C@@H](Cc2ccc(OCc3ccncc3)cc2)C(=O)NC2CCCC2)CC1. The number of nitrogens with one attached hydrogen (secondary N) is 2. The van der Waals surface area contributed by atoms with Crippen LogP contribution in [0, 0.1) is 11.8 Å². The van der Waals surface area contributed by atoms with Crippen LogP contribution in [0.2, 0.25) is 0 Å². The monoisotopic (exact) mass is 478 g/mol. The van der Waals surface area contributed by atoms with Crippen LogP contribution in [-0.4, -0.2) is 35.4 Å². The number of ether oxygens (including phenoxy) is 1. The van der Waals surface area contributed by atoms with Crippen molar-refractivity contribution >= 4 is 11.8 Å². The Morgan fingerprint density at radius 3 is 2.29 bits per heavy atom. The molecule has 2 aliphatic rings. The first-order valence-corrected chi connectivity index (χ1v) is 13.0. The van der Waals surface area contributed by atoms with Gasteiger partial charge in [0.2, 0.25) is 11.8 Å². The first-order chi connectivity index (χ1) is 17.1. The summed E-state index contributed by atoms with van der Waals surface area (Å²) in [5.74, 6) is 1.14. The van der Waals surface area contributed by atoms with Gasteiger partial charge in [0, 0.05) is 30.8 Å². The van der Waals surface area contributed by atoms with Crippen LogP contribution in [0.25, 0.3) is 0 Å². The molecule has 1 heterocycles. The topological polar surface area (TPSA) is 106 Å². The van der Waals surface area contributed by atoms with E-state index in [1.165, 1.54) is 0 Å². The van der Waals surface area contributed by atoms with E-state index in [1.807, 2.05) is 36.4 Å². The van der Waals surface area contributed by atoms with Gasteiger partial charge in [0.05, 0.1) is 0 Å². The van der Waals surface area contributed by atoms with Crippen LogP contribution in [-0.2, 0) is 22.6 Å². The van der Waals surface area contributed by atoms with Crippen molar-refractivity contribution in [3.63, 3.8) is 0 Å². The first kappa shape index (κ1) is 25.2. The van der Waals surface area contributed by atoms with Gasteiger partial charge in [-0.1, -0.05) is 25.0 Å². The molecule has 2 aliphatic carbocycles. The number of nitrogens with zero attached hydrogens (tertiary/aromatic N) is 1. The van der Waals surface area contributed by atoms with Crippen LogP contribution in [0.4, 0.5) is 0 Å². The molecule has 2 aromatic rings. The van der Waals surface area contributed by atoms with Crippen molar-refractivity contribution in [3.8, 4) is 5.75 Å². The Bertz CT molecular complexity index is 936. The third-order valence-electron chi connectivity index (χ3n) is 7.40. The number of carbonyl (C=O) groups is 2. The highest BCUT2D eigenvalue weighted by atomic mass is 16.5. The molecule has 0 saturated heterocycles. The van der Waals surface area contributed by atoms with E-state index < -0.39 is 6.04 Å². The van der Waals surface area contributed by atoms with Crippen molar-refractivity contribution in [1.82, 2.24) is 15.6 Å². The second-order valence-corrected chi connectivity index (χ2v) is 10.00. The molecule has 2 saturated carbocycles. The molecule has 0 unspecified atom stereocenters. The second-order valence-electron chi connectivity index (χ2n) is 10.00. The number of carbonyl (C=O) groups excluding carboxylic acids is 2. The predicted octanol–water partition coefficient (Wildman–Crippen LogP) is 3.51. The summed E-state index contributed by atoms with van der Waals surface area (Å²) in [6.45, 7) is 1.15. The quantitative estimate of drug-likeness (QED) is 0.485. The molecule has 4 N–H and O–H groups in total. The van der Waals surface area contributed by atoms with Gasteiger partial charge in [0.25, 0.3) is 0 Å². The summed E-state index contributed by atoms with van der Waals surface area (Å²) in [5.41, 5.74) is 7.84. The lowest BCUT2D eigenvalue weighted by Crippen LogP contribution is -2.51. The van der Waals surface area contributed by atoms with E-state index in [9.17, 15) is 9.59 Å². The highest BCUT2D eigenvalue weighted by Gasteiger charge is 2.30. The van der Waals surface area contributed by atoms with Crippen molar-refractivity contribution in [2.45, 2.75) is 76.5 Å². The van der Waals surface area contributed by atoms with Gasteiger partial charge in [-0.3, -0.25) is 14.6 Å². The summed E-state index contributed by atoms with van der Waals surface area (Å²) >= 11 is 0. The Balaban J connectivity index is 1.36. The number of aromatic nitrogens is 1. The number of hydrogen-bond acceptors (Lipinski definition) is 5. The molecular formula is C28H38N4O3. The summed E-state index contributed by atoms with van der Waals surface area (Å²) in [4.78, 5) is 30.3. The van der Waals surface area contributed by atoms with Crippen molar-refractivity contribution in [2.24, 2.45) is 17.6 Å².